The number of ketones is 1. The van der Waals surface area contributed by atoms with Crippen molar-refractivity contribution in [2.24, 2.45) is 11.8 Å². The molecule has 1 aliphatic carbocycles. The highest BCUT2D eigenvalue weighted by atomic mass is 19.1. The standard InChI is InChI=1S/C21H27FO3/c1-15-14-16(9-12-19(15)22)8-10-17-11-13-20(23)18(17)6-4-2-3-5-7-21(24)25/h8-10,12,14,17-18H,2-7,11,13H2,1H3,(H,24,25)/t17-,18+/m1/s1. The van der Waals surface area contributed by atoms with Gasteiger partial charge in [-0.05, 0) is 55.4 Å². The lowest BCUT2D eigenvalue weighted by Gasteiger charge is -2.15. The number of hydrogen-bond acceptors (Lipinski definition) is 2. The van der Waals surface area contributed by atoms with Gasteiger partial charge in [0.2, 0.25) is 0 Å². The van der Waals surface area contributed by atoms with Crippen LogP contribution in [0.25, 0.3) is 6.08 Å². The van der Waals surface area contributed by atoms with Crippen molar-refractivity contribution in [2.75, 3.05) is 0 Å². The van der Waals surface area contributed by atoms with Gasteiger partial charge in [0.25, 0.3) is 0 Å². The zero-order valence-corrected chi connectivity index (χ0v) is 14.8. The predicted molar refractivity (Wildman–Crippen MR) is 96.7 cm³/mol. The van der Waals surface area contributed by atoms with Crippen LogP contribution >= 0.6 is 0 Å². The molecule has 4 heteroatoms. The highest BCUT2D eigenvalue weighted by Gasteiger charge is 2.32. The maximum atomic E-state index is 13.3. The summed E-state index contributed by atoms with van der Waals surface area (Å²) in [5.74, 6) is -0.259. The van der Waals surface area contributed by atoms with Crippen molar-refractivity contribution in [3.63, 3.8) is 0 Å². The van der Waals surface area contributed by atoms with Crippen LogP contribution in [0.3, 0.4) is 0 Å². The maximum Gasteiger partial charge on any atom is 0.303 e. The third-order valence-corrected chi connectivity index (χ3v) is 5.03. The molecule has 0 saturated heterocycles. The largest absolute Gasteiger partial charge is 0.481 e. The summed E-state index contributed by atoms with van der Waals surface area (Å²) in [4.78, 5) is 22.6. The second-order valence-electron chi connectivity index (χ2n) is 6.99. The van der Waals surface area contributed by atoms with Crippen LogP contribution in [-0.2, 0) is 9.59 Å². The van der Waals surface area contributed by atoms with Gasteiger partial charge >= 0.3 is 5.97 Å². The second kappa shape index (κ2) is 9.50. The number of rotatable bonds is 9. The molecule has 0 aliphatic heterocycles. The van der Waals surface area contributed by atoms with Gasteiger partial charge in [0.15, 0.2) is 0 Å². The molecule has 136 valence electrons. The number of carbonyl (C=O) groups excluding carboxylic acids is 1. The molecule has 3 nitrogen and oxygen atoms in total. The molecule has 1 aromatic rings. The monoisotopic (exact) mass is 346 g/mol. The molecule has 0 spiro atoms. The Morgan fingerprint density at radius 2 is 2.04 bits per heavy atom. The minimum atomic E-state index is -0.743. The van der Waals surface area contributed by atoms with Crippen molar-refractivity contribution in [1.29, 1.82) is 0 Å². The van der Waals surface area contributed by atoms with Crippen molar-refractivity contribution in [3.8, 4) is 0 Å². The summed E-state index contributed by atoms with van der Waals surface area (Å²) in [6.07, 6.45) is 10.3. The van der Waals surface area contributed by atoms with Crippen LogP contribution in [0.15, 0.2) is 24.3 Å². The Kier molecular flexibility index (Phi) is 7.35. The van der Waals surface area contributed by atoms with Gasteiger partial charge < -0.3 is 5.11 Å². The van der Waals surface area contributed by atoms with Crippen molar-refractivity contribution in [3.05, 3.63) is 41.2 Å². The Labute approximate surface area is 148 Å². The normalized spacial score (nSPS) is 20.5. The molecule has 0 radical (unpaired) electrons. The van der Waals surface area contributed by atoms with Crippen LogP contribution in [-0.4, -0.2) is 16.9 Å². The molecule has 0 amide bonds. The Morgan fingerprint density at radius 1 is 1.28 bits per heavy atom. The van der Waals surface area contributed by atoms with E-state index in [4.69, 9.17) is 5.11 Å². The fraction of sp³-hybridized carbons (Fsp3) is 0.524. The molecule has 2 rings (SSSR count). The second-order valence-corrected chi connectivity index (χ2v) is 6.99. The van der Waals surface area contributed by atoms with Gasteiger partial charge in [0.1, 0.15) is 11.6 Å². The fourth-order valence-electron chi connectivity index (χ4n) is 3.54. The summed E-state index contributed by atoms with van der Waals surface area (Å²) >= 11 is 0. The van der Waals surface area contributed by atoms with Gasteiger partial charge in [-0.2, -0.15) is 0 Å². The van der Waals surface area contributed by atoms with E-state index in [9.17, 15) is 14.0 Å². The molecular formula is C21H27FO3. The minimum Gasteiger partial charge on any atom is -0.481 e. The summed E-state index contributed by atoms with van der Waals surface area (Å²) in [5, 5.41) is 8.62. The number of halogens is 1. The molecule has 0 bridgehead atoms. The van der Waals surface area contributed by atoms with Crippen LogP contribution < -0.4 is 0 Å². The van der Waals surface area contributed by atoms with E-state index in [2.05, 4.69) is 6.08 Å². The van der Waals surface area contributed by atoms with Gasteiger partial charge in [-0.3, -0.25) is 9.59 Å². The van der Waals surface area contributed by atoms with E-state index in [1.54, 1.807) is 13.0 Å². The highest BCUT2D eigenvalue weighted by Crippen LogP contribution is 2.34. The average molecular weight is 346 g/mol. The van der Waals surface area contributed by atoms with E-state index in [-0.39, 0.29) is 24.1 Å². The number of hydrogen-bond donors (Lipinski definition) is 1. The highest BCUT2D eigenvalue weighted by molar-refractivity contribution is 5.84. The fourth-order valence-corrected chi connectivity index (χ4v) is 3.54. The van der Waals surface area contributed by atoms with Gasteiger partial charge in [-0.25, -0.2) is 4.39 Å². The Morgan fingerprint density at radius 3 is 2.76 bits per heavy atom. The zero-order valence-electron chi connectivity index (χ0n) is 14.8. The third kappa shape index (κ3) is 6.11. The summed E-state index contributed by atoms with van der Waals surface area (Å²) in [7, 11) is 0. The molecule has 1 aliphatic rings. The van der Waals surface area contributed by atoms with E-state index in [1.165, 1.54) is 6.07 Å². The van der Waals surface area contributed by atoms with Crippen LogP contribution in [0, 0.1) is 24.6 Å². The zero-order chi connectivity index (χ0) is 18.2. The summed E-state index contributed by atoms with van der Waals surface area (Å²) in [5.41, 5.74) is 1.59. The van der Waals surface area contributed by atoms with E-state index < -0.39 is 5.97 Å². The number of benzene rings is 1. The first-order valence-corrected chi connectivity index (χ1v) is 9.16. The third-order valence-electron chi connectivity index (χ3n) is 5.03. The van der Waals surface area contributed by atoms with Crippen molar-refractivity contribution in [2.45, 2.75) is 58.3 Å². The van der Waals surface area contributed by atoms with Crippen molar-refractivity contribution >= 4 is 17.8 Å². The van der Waals surface area contributed by atoms with Crippen molar-refractivity contribution < 1.29 is 19.1 Å². The molecule has 0 aromatic heterocycles. The lowest BCUT2D eigenvalue weighted by Crippen LogP contribution is -2.13. The van der Waals surface area contributed by atoms with Crippen LogP contribution in [0.2, 0.25) is 0 Å². The molecule has 0 unspecified atom stereocenters. The number of aryl methyl sites for hydroxylation is 1. The van der Waals surface area contributed by atoms with Crippen LogP contribution in [0.5, 0.6) is 0 Å². The maximum absolute atomic E-state index is 13.3. The van der Waals surface area contributed by atoms with Gasteiger partial charge in [-0.1, -0.05) is 37.5 Å². The number of carboxylic acids is 1. The topological polar surface area (TPSA) is 54.4 Å². The van der Waals surface area contributed by atoms with E-state index in [0.29, 0.717) is 24.2 Å². The predicted octanol–water partition coefficient (Wildman–Crippen LogP) is 5.17. The molecule has 1 aromatic carbocycles. The number of unbranched alkanes of at least 4 members (excludes halogenated alkanes) is 3. The number of Topliss-reactive ketones (excluding diaryl/α,β-unsaturated/α-hetero) is 1. The SMILES string of the molecule is Cc1cc(C=C[C@@H]2CCC(=O)[C@H]2CCCCCCC(=O)O)ccc1F. The molecule has 2 atom stereocenters. The first-order chi connectivity index (χ1) is 12.0. The number of aliphatic carboxylic acids is 1. The molecule has 1 N–H and O–H groups in total. The smallest absolute Gasteiger partial charge is 0.303 e. The Bertz CT molecular complexity index is 636. The quantitative estimate of drug-likeness (QED) is 0.628. The van der Waals surface area contributed by atoms with E-state index >= 15 is 0 Å². The molecule has 1 saturated carbocycles. The lowest BCUT2D eigenvalue weighted by molar-refractivity contribution is -0.137. The van der Waals surface area contributed by atoms with Crippen molar-refractivity contribution in [1.82, 2.24) is 0 Å². The molecule has 25 heavy (non-hydrogen) atoms. The average Bonchev–Trinajstić information content (AvgIpc) is 2.92. The van der Waals surface area contributed by atoms with Gasteiger partial charge in [-0.15, -0.1) is 0 Å². The molecular weight excluding hydrogens is 319 g/mol. The summed E-state index contributed by atoms with van der Waals surface area (Å²) in [6.45, 7) is 1.75. The minimum absolute atomic E-state index is 0.0808. The Hall–Kier alpha value is -1.97. The summed E-state index contributed by atoms with van der Waals surface area (Å²) in [6, 6.07) is 5.05. The first-order valence-electron chi connectivity index (χ1n) is 9.16. The Balaban J connectivity index is 1.82. The lowest BCUT2D eigenvalue weighted by atomic mass is 9.89. The number of allylic oxidation sites excluding steroid dienone is 1. The van der Waals surface area contributed by atoms with E-state index in [0.717, 1.165) is 37.7 Å². The summed E-state index contributed by atoms with van der Waals surface area (Å²) < 4.78 is 13.3. The van der Waals surface area contributed by atoms with E-state index in [1.807, 2.05) is 12.1 Å². The molecule has 0 heterocycles. The number of carboxylic acid groups (broad SMARTS) is 1. The van der Waals surface area contributed by atoms with Gasteiger partial charge in [0, 0.05) is 18.8 Å². The van der Waals surface area contributed by atoms with Crippen LogP contribution in [0.1, 0.15) is 62.5 Å². The first kappa shape index (κ1) is 19.4. The van der Waals surface area contributed by atoms with Gasteiger partial charge in [0.05, 0.1) is 0 Å². The van der Waals surface area contributed by atoms with Crippen LogP contribution in [0.4, 0.5) is 4.39 Å². The molecule has 1 fully saturated rings. The number of carbonyl (C=O) groups is 2.